The fourth-order valence-electron chi connectivity index (χ4n) is 2.54. The number of guanidine groups is 1. The second kappa shape index (κ2) is 8.26. The Morgan fingerprint density at radius 3 is 2.58 bits per heavy atom. The maximum Gasteiger partial charge on any atom is 0.422 e. The van der Waals surface area contributed by atoms with Gasteiger partial charge in [-0.1, -0.05) is 25.5 Å². The van der Waals surface area contributed by atoms with Crippen molar-refractivity contribution in [2.75, 3.05) is 13.7 Å². The molecular weight excluding hydrogens is 319 g/mol. The predicted molar refractivity (Wildman–Crippen MR) is 88.1 cm³/mol. The van der Waals surface area contributed by atoms with Crippen LogP contribution in [0.15, 0.2) is 29.3 Å². The van der Waals surface area contributed by atoms with Crippen LogP contribution in [0.25, 0.3) is 0 Å². The Morgan fingerprint density at radius 1 is 1.29 bits per heavy atom. The maximum absolute atomic E-state index is 12.1. The lowest BCUT2D eigenvalue weighted by atomic mass is 10.2. The molecule has 1 aromatic rings. The zero-order chi connectivity index (χ0) is 17.6. The molecule has 1 aromatic carbocycles. The van der Waals surface area contributed by atoms with Crippen molar-refractivity contribution in [2.24, 2.45) is 10.9 Å². The molecule has 0 radical (unpaired) electrons. The van der Waals surface area contributed by atoms with Gasteiger partial charge in [0, 0.05) is 19.6 Å². The molecule has 1 saturated carbocycles. The number of ether oxygens (including phenoxy) is 1. The third-order valence-corrected chi connectivity index (χ3v) is 3.91. The predicted octanol–water partition coefficient (Wildman–Crippen LogP) is 3.48. The van der Waals surface area contributed by atoms with Crippen LogP contribution in [-0.4, -0.2) is 31.8 Å². The van der Waals surface area contributed by atoms with E-state index in [1.165, 1.54) is 31.4 Å². The van der Waals surface area contributed by atoms with Crippen molar-refractivity contribution >= 4 is 5.96 Å². The van der Waals surface area contributed by atoms with Gasteiger partial charge in [0.2, 0.25) is 0 Å². The van der Waals surface area contributed by atoms with Gasteiger partial charge < -0.3 is 15.4 Å². The number of nitrogens with one attached hydrogen (secondary N) is 2. The Bertz CT molecular complexity index is 543. The van der Waals surface area contributed by atoms with Crippen molar-refractivity contribution in [1.29, 1.82) is 0 Å². The molecule has 2 rings (SSSR count). The molecule has 2 N–H and O–H groups in total. The van der Waals surface area contributed by atoms with Crippen LogP contribution < -0.4 is 15.4 Å². The summed E-state index contributed by atoms with van der Waals surface area (Å²) in [6, 6.07) is 7.05. The first-order valence-corrected chi connectivity index (χ1v) is 8.17. The molecule has 1 fully saturated rings. The first kappa shape index (κ1) is 18.4. The topological polar surface area (TPSA) is 45.7 Å². The standard InChI is InChI=1S/C17H24F3N3O/c1-3-4-13-9-15(13)23-16(21-2)22-10-12-5-7-14(8-6-12)24-11-17(18,19)20/h5-8,13,15H,3-4,9-11H2,1-2H3,(H2,21,22,23). The van der Waals surface area contributed by atoms with E-state index in [2.05, 4.69) is 27.3 Å². The molecule has 0 aliphatic heterocycles. The summed E-state index contributed by atoms with van der Waals surface area (Å²) < 4.78 is 41.0. The molecule has 1 aliphatic rings. The highest BCUT2D eigenvalue weighted by Crippen LogP contribution is 2.34. The Morgan fingerprint density at radius 2 is 2.00 bits per heavy atom. The average Bonchev–Trinajstić information content (AvgIpc) is 3.27. The Kier molecular flexibility index (Phi) is 6.34. The first-order chi connectivity index (χ1) is 11.4. The summed E-state index contributed by atoms with van der Waals surface area (Å²) in [5, 5.41) is 6.60. The van der Waals surface area contributed by atoms with Crippen LogP contribution in [0.2, 0.25) is 0 Å². The molecule has 0 amide bonds. The molecule has 0 bridgehead atoms. The van der Waals surface area contributed by atoms with Crippen LogP contribution in [0.5, 0.6) is 5.75 Å². The van der Waals surface area contributed by atoms with E-state index >= 15 is 0 Å². The summed E-state index contributed by atoms with van der Waals surface area (Å²) in [6.07, 6.45) is -0.720. The molecule has 0 aromatic heterocycles. The normalized spacial score (nSPS) is 20.6. The molecule has 2 unspecified atom stereocenters. The van der Waals surface area contributed by atoms with Crippen LogP contribution >= 0.6 is 0 Å². The molecule has 7 heteroatoms. The second-order valence-electron chi connectivity index (χ2n) is 6.01. The molecule has 134 valence electrons. The third kappa shape index (κ3) is 6.29. The highest BCUT2D eigenvalue weighted by molar-refractivity contribution is 5.80. The van der Waals surface area contributed by atoms with E-state index < -0.39 is 12.8 Å². The van der Waals surface area contributed by atoms with Gasteiger partial charge in [0.1, 0.15) is 5.75 Å². The van der Waals surface area contributed by atoms with Crippen molar-refractivity contribution < 1.29 is 17.9 Å². The lowest BCUT2D eigenvalue weighted by molar-refractivity contribution is -0.153. The highest BCUT2D eigenvalue weighted by atomic mass is 19.4. The Labute approximate surface area is 140 Å². The monoisotopic (exact) mass is 343 g/mol. The largest absolute Gasteiger partial charge is 0.484 e. The average molecular weight is 343 g/mol. The van der Waals surface area contributed by atoms with E-state index in [1.54, 1.807) is 19.2 Å². The molecule has 0 spiro atoms. The molecule has 0 heterocycles. The molecule has 2 atom stereocenters. The van der Waals surface area contributed by atoms with Gasteiger partial charge in [-0.05, 0) is 36.5 Å². The summed E-state index contributed by atoms with van der Waals surface area (Å²) in [5.74, 6) is 1.69. The second-order valence-corrected chi connectivity index (χ2v) is 6.01. The zero-order valence-corrected chi connectivity index (χ0v) is 14.0. The molecule has 0 saturated heterocycles. The van der Waals surface area contributed by atoms with E-state index in [0.29, 0.717) is 12.6 Å². The Balaban J connectivity index is 1.75. The number of halogens is 3. The number of nitrogens with zero attached hydrogens (tertiary/aromatic N) is 1. The number of aliphatic imine (C=N–C) groups is 1. The number of hydrogen-bond acceptors (Lipinski definition) is 2. The van der Waals surface area contributed by atoms with E-state index in [0.717, 1.165) is 17.4 Å². The van der Waals surface area contributed by atoms with E-state index in [-0.39, 0.29) is 5.75 Å². The van der Waals surface area contributed by atoms with Crippen molar-refractivity contribution in [3.63, 3.8) is 0 Å². The van der Waals surface area contributed by atoms with Crippen LogP contribution in [0.3, 0.4) is 0 Å². The minimum absolute atomic E-state index is 0.207. The smallest absolute Gasteiger partial charge is 0.422 e. The quantitative estimate of drug-likeness (QED) is 0.588. The van der Waals surface area contributed by atoms with Gasteiger partial charge in [0.05, 0.1) is 0 Å². The number of alkyl halides is 3. The minimum Gasteiger partial charge on any atom is -0.484 e. The zero-order valence-electron chi connectivity index (χ0n) is 14.0. The summed E-state index contributed by atoms with van der Waals surface area (Å²) in [7, 11) is 1.72. The fraction of sp³-hybridized carbons (Fsp3) is 0.588. The minimum atomic E-state index is -4.32. The summed E-state index contributed by atoms with van der Waals surface area (Å²) in [4.78, 5) is 4.20. The van der Waals surface area contributed by atoms with Gasteiger partial charge in [-0.25, -0.2) is 0 Å². The SMILES string of the molecule is CCCC1CC1NC(=NC)NCc1ccc(OCC(F)(F)F)cc1. The van der Waals surface area contributed by atoms with Crippen LogP contribution in [-0.2, 0) is 6.54 Å². The van der Waals surface area contributed by atoms with Crippen molar-refractivity contribution in [3.05, 3.63) is 29.8 Å². The fourth-order valence-corrected chi connectivity index (χ4v) is 2.54. The van der Waals surface area contributed by atoms with Crippen molar-refractivity contribution in [1.82, 2.24) is 10.6 Å². The van der Waals surface area contributed by atoms with Gasteiger partial charge in [-0.2, -0.15) is 13.2 Å². The summed E-state index contributed by atoms with van der Waals surface area (Å²) >= 11 is 0. The van der Waals surface area contributed by atoms with E-state index in [4.69, 9.17) is 0 Å². The first-order valence-electron chi connectivity index (χ1n) is 8.17. The van der Waals surface area contributed by atoms with Gasteiger partial charge in [0.15, 0.2) is 12.6 Å². The van der Waals surface area contributed by atoms with Gasteiger partial charge in [-0.15, -0.1) is 0 Å². The number of hydrogen-bond donors (Lipinski definition) is 2. The van der Waals surface area contributed by atoms with Crippen molar-refractivity contribution in [3.8, 4) is 5.75 Å². The lowest BCUT2D eigenvalue weighted by Crippen LogP contribution is -2.38. The van der Waals surface area contributed by atoms with Crippen LogP contribution in [0.4, 0.5) is 13.2 Å². The van der Waals surface area contributed by atoms with Gasteiger partial charge in [-0.3, -0.25) is 4.99 Å². The molecule has 1 aliphatic carbocycles. The van der Waals surface area contributed by atoms with Gasteiger partial charge >= 0.3 is 6.18 Å². The lowest BCUT2D eigenvalue weighted by Gasteiger charge is -2.13. The van der Waals surface area contributed by atoms with Crippen molar-refractivity contribution in [2.45, 2.75) is 44.9 Å². The molecule has 24 heavy (non-hydrogen) atoms. The number of benzene rings is 1. The molecule has 4 nitrogen and oxygen atoms in total. The van der Waals surface area contributed by atoms with Crippen LogP contribution in [0, 0.1) is 5.92 Å². The summed E-state index contributed by atoms with van der Waals surface area (Å²) in [6.45, 7) is 1.45. The maximum atomic E-state index is 12.1. The van der Waals surface area contributed by atoms with Crippen LogP contribution in [0.1, 0.15) is 31.7 Å². The number of rotatable bonds is 7. The summed E-state index contributed by atoms with van der Waals surface area (Å²) in [5.41, 5.74) is 0.943. The third-order valence-electron chi connectivity index (χ3n) is 3.91. The molecular formula is C17H24F3N3O. The highest BCUT2D eigenvalue weighted by Gasteiger charge is 2.36. The van der Waals surface area contributed by atoms with E-state index in [9.17, 15) is 13.2 Å². The Hall–Kier alpha value is -1.92. The van der Waals surface area contributed by atoms with E-state index in [1.807, 2.05) is 0 Å². The van der Waals surface area contributed by atoms with Gasteiger partial charge in [0.25, 0.3) is 0 Å².